The Bertz CT molecular complexity index is 1020. The summed E-state index contributed by atoms with van der Waals surface area (Å²) < 4.78 is 16.9. The zero-order chi connectivity index (χ0) is 19.5. The molecule has 1 fully saturated rings. The van der Waals surface area contributed by atoms with Crippen molar-refractivity contribution < 1.29 is 24.1 Å². The molecule has 0 aromatic heterocycles. The maximum atomic E-state index is 12.6. The van der Waals surface area contributed by atoms with Gasteiger partial charge in [-0.3, -0.25) is 4.90 Å². The van der Waals surface area contributed by atoms with Crippen molar-refractivity contribution in [3.8, 4) is 11.5 Å². The van der Waals surface area contributed by atoms with Crippen molar-refractivity contribution in [1.29, 1.82) is 0 Å². The number of esters is 1. The van der Waals surface area contributed by atoms with Crippen molar-refractivity contribution >= 4 is 5.97 Å². The number of nitrogens with zero attached hydrogens (tertiary/aromatic N) is 1. The number of ether oxygens (including phenoxy) is 3. The van der Waals surface area contributed by atoms with E-state index >= 15 is 0 Å². The molecule has 4 aliphatic rings. The van der Waals surface area contributed by atoms with Gasteiger partial charge in [0, 0.05) is 25.0 Å². The molecular weight excluding hydrogens is 370 g/mol. The Labute approximate surface area is 168 Å². The predicted octanol–water partition coefficient (Wildman–Crippen LogP) is 2.61. The lowest BCUT2D eigenvalue weighted by molar-refractivity contribution is -0.0259. The molecule has 148 valence electrons. The van der Waals surface area contributed by atoms with Crippen LogP contribution >= 0.6 is 0 Å². The van der Waals surface area contributed by atoms with Gasteiger partial charge < -0.3 is 19.3 Å². The molecule has 4 atom stereocenters. The van der Waals surface area contributed by atoms with Crippen molar-refractivity contribution in [2.45, 2.75) is 37.1 Å². The summed E-state index contributed by atoms with van der Waals surface area (Å²) >= 11 is 0. The fourth-order valence-electron chi connectivity index (χ4n) is 5.20. The first-order valence-electron chi connectivity index (χ1n) is 10.0. The van der Waals surface area contributed by atoms with Crippen LogP contribution in [0.2, 0.25) is 0 Å². The van der Waals surface area contributed by atoms with E-state index in [1.807, 2.05) is 24.3 Å². The van der Waals surface area contributed by atoms with E-state index in [1.165, 1.54) is 5.57 Å². The monoisotopic (exact) mass is 391 g/mol. The summed E-state index contributed by atoms with van der Waals surface area (Å²) in [6.45, 7) is 1.99. The molecule has 1 aliphatic carbocycles. The van der Waals surface area contributed by atoms with Crippen LogP contribution in [0.25, 0.3) is 0 Å². The summed E-state index contributed by atoms with van der Waals surface area (Å²) in [5.41, 5.74) is 3.94. The SMILES string of the molecule is O=C(O[C@H]1C=C2CCN3Cc4cc5c(cc4[C@H]([C@@H]1O)[C@@H]23)OCO5)c1ccccc1. The number of benzene rings is 2. The van der Waals surface area contributed by atoms with Crippen LogP contribution in [0.1, 0.15) is 33.8 Å². The molecule has 29 heavy (non-hydrogen) atoms. The predicted molar refractivity (Wildman–Crippen MR) is 104 cm³/mol. The number of hydrogen-bond donors (Lipinski definition) is 1. The van der Waals surface area contributed by atoms with Gasteiger partial charge in [0.2, 0.25) is 6.79 Å². The number of hydrogen-bond acceptors (Lipinski definition) is 6. The fraction of sp³-hybridized carbons (Fsp3) is 0.348. The smallest absolute Gasteiger partial charge is 0.338 e. The molecule has 0 bridgehead atoms. The highest BCUT2D eigenvalue weighted by Gasteiger charge is 2.50. The lowest BCUT2D eigenvalue weighted by atomic mass is 9.73. The molecule has 1 saturated heterocycles. The number of aliphatic hydroxyl groups excluding tert-OH is 1. The van der Waals surface area contributed by atoms with Crippen LogP contribution in [-0.4, -0.2) is 47.6 Å². The molecule has 3 heterocycles. The molecule has 0 saturated carbocycles. The number of carbonyl (C=O) groups is 1. The fourth-order valence-corrected chi connectivity index (χ4v) is 5.20. The second-order valence-electron chi connectivity index (χ2n) is 8.06. The van der Waals surface area contributed by atoms with Crippen LogP contribution in [0, 0.1) is 0 Å². The Kier molecular flexibility index (Phi) is 3.73. The number of fused-ring (bicyclic) bond motifs is 3. The third-order valence-electron chi connectivity index (χ3n) is 6.50. The van der Waals surface area contributed by atoms with Crippen LogP contribution in [0.4, 0.5) is 0 Å². The number of rotatable bonds is 2. The first-order chi connectivity index (χ1) is 14.2. The lowest BCUT2D eigenvalue weighted by Crippen LogP contribution is -2.50. The second kappa shape index (κ2) is 6.34. The Morgan fingerprint density at radius 3 is 2.76 bits per heavy atom. The Balaban J connectivity index is 1.37. The highest BCUT2D eigenvalue weighted by molar-refractivity contribution is 5.89. The standard InChI is InChI=1S/C23H21NO5/c25-22-19(29-23(26)13-4-2-1-3-5-13)8-14-6-7-24-11-15-9-17-18(28-12-27-17)10-16(15)20(22)21(14)24/h1-5,8-10,19-22,25H,6-7,11-12H2/t19-,20-,21+,22+/m0/s1. The van der Waals surface area contributed by atoms with Gasteiger partial charge in [0.15, 0.2) is 11.5 Å². The zero-order valence-electron chi connectivity index (χ0n) is 15.8. The third-order valence-corrected chi connectivity index (χ3v) is 6.50. The highest BCUT2D eigenvalue weighted by atomic mass is 16.7. The minimum atomic E-state index is -0.823. The molecule has 0 radical (unpaired) electrons. The zero-order valence-corrected chi connectivity index (χ0v) is 15.8. The van der Waals surface area contributed by atoms with Gasteiger partial charge in [-0.05, 0) is 47.9 Å². The molecule has 6 rings (SSSR count). The van der Waals surface area contributed by atoms with Gasteiger partial charge in [0.1, 0.15) is 12.2 Å². The maximum Gasteiger partial charge on any atom is 0.338 e. The molecule has 0 unspecified atom stereocenters. The van der Waals surface area contributed by atoms with Crippen LogP contribution in [0.5, 0.6) is 11.5 Å². The summed E-state index contributed by atoms with van der Waals surface area (Å²) in [6, 6.07) is 13.1. The average molecular weight is 391 g/mol. The van der Waals surface area contributed by atoms with Crippen molar-refractivity contribution in [3.05, 3.63) is 70.8 Å². The number of aliphatic hydroxyl groups is 1. The van der Waals surface area contributed by atoms with Crippen molar-refractivity contribution in [2.75, 3.05) is 13.3 Å². The molecule has 0 amide bonds. The number of carbonyl (C=O) groups excluding carboxylic acids is 1. The normalized spacial score (nSPS) is 29.1. The summed E-state index contributed by atoms with van der Waals surface area (Å²) in [4.78, 5) is 15.0. The van der Waals surface area contributed by atoms with E-state index in [9.17, 15) is 9.90 Å². The molecular formula is C23H21NO5. The molecule has 2 aromatic carbocycles. The van der Waals surface area contributed by atoms with E-state index in [-0.39, 0.29) is 18.8 Å². The summed E-state index contributed by atoms with van der Waals surface area (Å²) in [5.74, 6) is 0.900. The molecule has 6 heteroatoms. The largest absolute Gasteiger partial charge is 0.454 e. The van der Waals surface area contributed by atoms with Gasteiger partial charge in [-0.15, -0.1) is 0 Å². The van der Waals surface area contributed by atoms with Crippen molar-refractivity contribution in [2.24, 2.45) is 0 Å². The summed E-state index contributed by atoms with van der Waals surface area (Å²) in [5, 5.41) is 11.3. The molecule has 3 aliphatic heterocycles. The van der Waals surface area contributed by atoms with Gasteiger partial charge in [0.25, 0.3) is 0 Å². The van der Waals surface area contributed by atoms with Gasteiger partial charge in [-0.25, -0.2) is 4.79 Å². The minimum Gasteiger partial charge on any atom is -0.454 e. The van der Waals surface area contributed by atoms with Crippen LogP contribution in [-0.2, 0) is 11.3 Å². The van der Waals surface area contributed by atoms with E-state index in [0.717, 1.165) is 42.1 Å². The molecule has 1 N–H and O–H groups in total. The van der Waals surface area contributed by atoms with Gasteiger partial charge in [-0.2, -0.15) is 0 Å². The second-order valence-corrected chi connectivity index (χ2v) is 8.06. The highest BCUT2D eigenvalue weighted by Crippen LogP contribution is 2.50. The third kappa shape index (κ3) is 2.59. The first-order valence-corrected chi connectivity index (χ1v) is 10.0. The van der Waals surface area contributed by atoms with Crippen molar-refractivity contribution in [3.63, 3.8) is 0 Å². The van der Waals surface area contributed by atoms with Gasteiger partial charge in [-0.1, -0.05) is 23.8 Å². The van der Waals surface area contributed by atoms with E-state index in [0.29, 0.717) is 5.56 Å². The maximum absolute atomic E-state index is 12.6. The minimum absolute atomic E-state index is 0.143. The van der Waals surface area contributed by atoms with Gasteiger partial charge >= 0.3 is 5.97 Å². The Morgan fingerprint density at radius 2 is 1.93 bits per heavy atom. The quantitative estimate of drug-likeness (QED) is 0.627. The van der Waals surface area contributed by atoms with Crippen LogP contribution in [0.15, 0.2) is 54.1 Å². The first kappa shape index (κ1) is 17.1. The average Bonchev–Trinajstić information content (AvgIpc) is 3.36. The van der Waals surface area contributed by atoms with Gasteiger partial charge in [0.05, 0.1) is 5.56 Å². The molecule has 0 spiro atoms. The summed E-state index contributed by atoms with van der Waals surface area (Å²) in [6.07, 6.45) is 1.39. The molecule has 6 nitrogen and oxygen atoms in total. The topological polar surface area (TPSA) is 68.2 Å². The Morgan fingerprint density at radius 1 is 1.14 bits per heavy atom. The molecule has 2 aromatic rings. The van der Waals surface area contributed by atoms with Crippen molar-refractivity contribution in [1.82, 2.24) is 4.90 Å². The van der Waals surface area contributed by atoms with E-state index in [4.69, 9.17) is 14.2 Å². The van der Waals surface area contributed by atoms with E-state index in [2.05, 4.69) is 4.90 Å². The van der Waals surface area contributed by atoms with E-state index in [1.54, 1.807) is 24.3 Å². The van der Waals surface area contributed by atoms with Crippen LogP contribution in [0.3, 0.4) is 0 Å². The van der Waals surface area contributed by atoms with E-state index < -0.39 is 18.2 Å². The Hall–Kier alpha value is -2.83. The summed E-state index contributed by atoms with van der Waals surface area (Å²) in [7, 11) is 0. The lowest BCUT2D eigenvalue weighted by Gasteiger charge is -2.45. The van der Waals surface area contributed by atoms with Crippen LogP contribution < -0.4 is 9.47 Å².